The summed E-state index contributed by atoms with van der Waals surface area (Å²) in [6.07, 6.45) is 6.46. The number of aryl methyl sites for hydroxylation is 1. The number of nitrogen functional groups attached to an aromatic ring is 1. The molecular weight excluding hydrogens is 442 g/mol. The average molecular weight is 470 g/mol. The predicted molar refractivity (Wildman–Crippen MR) is 136 cm³/mol. The Kier molecular flexibility index (Phi) is 5.01. The highest BCUT2D eigenvalue weighted by Crippen LogP contribution is 2.34. The third-order valence-corrected chi connectivity index (χ3v) is 6.86. The van der Waals surface area contributed by atoms with Crippen LogP contribution in [0.4, 0.5) is 23.1 Å². The summed E-state index contributed by atoms with van der Waals surface area (Å²) in [5.74, 6) is 1.79. The van der Waals surface area contributed by atoms with Gasteiger partial charge in [0.1, 0.15) is 18.2 Å². The van der Waals surface area contributed by atoms with Gasteiger partial charge in [-0.2, -0.15) is 5.10 Å². The zero-order valence-corrected chi connectivity index (χ0v) is 19.8. The lowest BCUT2D eigenvalue weighted by Crippen LogP contribution is -2.29. The number of fused-ring (bicyclic) bond motifs is 3. The van der Waals surface area contributed by atoms with Crippen LogP contribution < -0.4 is 16.4 Å². The fraction of sp³-hybridized carbons (Fsp3) is 0.320. The van der Waals surface area contributed by atoms with Crippen molar-refractivity contribution in [3.05, 3.63) is 47.5 Å². The standard InChI is InChI=1S/C25H27N9O/c1-14-17(11-28-19-4-3-6-27-24(14)19)20-8-15-9-21(29-12-18(15)25(26)30-20)31-22-10-16-5-7-33(2)23(35)13-34(16)32-22/h8-12,27H,3-7,13H2,1-2H3,(H2,26,30)(H,29,31,32). The van der Waals surface area contributed by atoms with Gasteiger partial charge in [0.15, 0.2) is 5.82 Å². The molecule has 0 bridgehead atoms. The highest BCUT2D eigenvalue weighted by Gasteiger charge is 2.20. The van der Waals surface area contributed by atoms with Crippen LogP contribution in [0.3, 0.4) is 0 Å². The normalized spacial score (nSPS) is 15.4. The number of rotatable bonds is 3. The third-order valence-electron chi connectivity index (χ3n) is 6.86. The first-order valence-corrected chi connectivity index (χ1v) is 11.8. The van der Waals surface area contributed by atoms with Gasteiger partial charge in [-0.05, 0) is 42.8 Å². The second kappa shape index (κ2) is 8.23. The van der Waals surface area contributed by atoms with Gasteiger partial charge in [-0.1, -0.05) is 0 Å². The van der Waals surface area contributed by atoms with Crippen molar-refractivity contribution >= 4 is 39.8 Å². The van der Waals surface area contributed by atoms with Gasteiger partial charge in [0.05, 0.1) is 17.1 Å². The Hall–Kier alpha value is -4.21. The molecule has 10 nitrogen and oxygen atoms in total. The van der Waals surface area contributed by atoms with Crippen molar-refractivity contribution < 1.29 is 4.79 Å². The molecule has 35 heavy (non-hydrogen) atoms. The summed E-state index contributed by atoms with van der Waals surface area (Å²) in [5, 5.41) is 13.0. The minimum absolute atomic E-state index is 0.0555. The highest BCUT2D eigenvalue weighted by atomic mass is 16.2. The molecule has 4 N–H and O–H groups in total. The van der Waals surface area contributed by atoms with Crippen LogP contribution in [0.25, 0.3) is 22.0 Å². The van der Waals surface area contributed by atoms with Gasteiger partial charge >= 0.3 is 0 Å². The molecule has 6 heterocycles. The first kappa shape index (κ1) is 21.3. The second-order valence-electron chi connectivity index (χ2n) is 9.20. The Morgan fingerprint density at radius 1 is 1.11 bits per heavy atom. The van der Waals surface area contributed by atoms with Gasteiger partial charge in [-0.15, -0.1) is 0 Å². The molecular formula is C25H27N9O. The molecule has 0 aliphatic carbocycles. The fourth-order valence-corrected chi connectivity index (χ4v) is 4.83. The second-order valence-corrected chi connectivity index (χ2v) is 9.20. The molecule has 0 atom stereocenters. The monoisotopic (exact) mass is 469 g/mol. The lowest BCUT2D eigenvalue weighted by atomic mass is 9.99. The Morgan fingerprint density at radius 2 is 2.00 bits per heavy atom. The molecule has 178 valence electrons. The van der Waals surface area contributed by atoms with Crippen LogP contribution in [-0.2, 0) is 24.2 Å². The van der Waals surface area contributed by atoms with E-state index in [1.807, 2.05) is 31.4 Å². The largest absolute Gasteiger partial charge is 0.383 e. The minimum atomic E-state index is 0.0555. The smallest absolute Gasteiger partial charge is 0.244 e. The molecule has 0 unspecified atom stereocenters. The van der Waals surface area contributed by atoms with Crippen molar-refractivity contribution in [3.63, 3.8) is 0 Å². The van der Waals surface area contributed by atoms with E-state index in [9.17, 15) is 4.79 Å². The lowest BCUT2D eigenvalue weighted by Gasteiger charge is -2.21. The molecule has 0 fully saturated rings. The molecule has 4 aromatic rings. The Balaban J connectivity index is 1.33. The van der Waals surface area contributed by atoms with Crippen LogP contribution in [0.2, 0.25) is 0 Å². The van der Waals surface area contributed by atoms with Crippen molar-refractivity contribution in [2.24, 2.45) is 0 Å². The van der Waals surface area contributed by atoms with E-state index in [-0.39, 0.29) is 12.5 Å². The maximum atomic E-state index is 12.2. The number of hydrogen-bond acceptors (Lipinski definition) is 8. The molecule has 0 aromatic carbocycles. The van der Waals surface area contributed by atoms with Gasteiger partial charge in [0.2, 0.25) is 5.91 Å². The number of aromatic nitrogens is 5. The quantitative estimate of drug-likeness (QED) is 0.418. The molecule has 0 spiro atoms. The summed E-state index contributed by atoms with van der Waals surface area (Å²) in [6.45, 7) is 3.98. The van der Waals surface area contributed by atoms with Gasteiger partial charge in [0.25, 0.3) is 0 Å². The number of hydrogen-bond donors (Lipinski definition) is 3. The van der Waals surface area contributed by atoms with Crippen LogP contribution in [0, 0.1) is 6.92 Å². The molecule has 0 saturated carbocycles. The number of pyridine rings is 3. The Labute approximate surface area is 202 Å². The fourth-order valence-electron chi connectivity index (χ4n) is 4.83. The molecule has 1 amide bonds. The minimum Gasteiger partial charge on any atom is -0.383 e. The van der Waals surface area contributed by atoms with Crippen LogP contribution in [0.15, 0.2) is 30.6 Å². The van der Waals surface area contributed by atoms with Crippen molar-refractivity contribution in [3.8, 4) is 11.3 Å². The summed E-state index contributed by atoms with van der Waals surface area (Å²) in [6, 6.07) is 5.94. The van der Waals surface area contributed by atoms with Crippen molar-refractivity contribution in [2.75, 3.05) is 36.5 Å². The first-order chi connectivity index (χ1) is 17.0. The zero-order valence-electron chi connectivity index (χ0n) is 19.8. The van der Waals surface area contributed by atoms with Crippen LogP contribution in [0.5, 0.6) is 0 Å². The number of carbonyl (C=O) groups is 1. The van der Waals surface area contributed by atoms with Crippen LogP contribution in [-0.4, -0.2) is 55.7 Å². The number of nitrogens with two attached hydrogens (primary N) is 1. The van der Waals surface area contributed by atoms with E-state index in [4.69, 9.17) is 5.73 Å². The van der Waals surface area contributed by atoms with E-state index in [1.54, 1.807) is 15.8 Å². The molecule has 4 aromatic heterocycles. The Bertz CT molecular complexity index is 1480. The summed E-state index contributed by atoms with van der Waals surface area (Å²) >= 11 is 0. The number of carbonyl (C=O) groups excluding carboxylic acids is 1. The van der Waals surface area contributed by atoms with E-state index in [0.717, 1.165) is 70.5 Å². The number of nitrogens with zero attached hydrogens (tertiary/aromatic N) is 6. The van der Waals surface area contributed by atoms with E-state index in [2.05, 4.69) is 37.6 Å². The molecule has 6 rings (SSSR count). The highest BCUT2D eigenvalue weighted by molar-refractivity contribution is 5.95. The summed E-state index contributed by atoms with van der Waals surface area (Å²) < 4.78 is 1.76. The summed E-state index contributed by atoms with van der Waals surface area (Å²) in [5.41, 5.74) is 12.4. The topological polar surface area (TPSA) is 127 Å². The predicted octanol–water partition coefficient (Wildman–Crippen LogP) is 2.90. The van der Waals surface area contributed by atoms with Gasteiger partial charge in [-0.25, -0.2) is 9.97 Å². The van der Waals surface area contributed by atoms with E-state index < -0.39 is 0 Å². The van der Waals surface area contributed by atoms with E-state index >= 15 is 0 Å². The maximum Gasteiger partial charge on any atom is 0.244 e. The molecule has 2 aliphatic heterocycles. The number of nitrogens with one attached hydrogen (secondary N) is 2. The van der Waals surface area contributed by atoms with Crippen LogP contribution in [0.1, 0.15) is 23.4 Å². The molecule has 0 saturated heterocycles. The maximum absolute atomic E-state index is 12.2. The molecule has 2 aliphatic rings. The van der Waals surface area contributed by atoms with Gasteiger partial charge in [-0.3, -0.25) is 14.5 Å². The number of amides is 1. The summed E-state index contributed by atoms with van der Waals surface area (Å²) in [4.78, 5) is 27.8. The van der Waals surface area contributed by atoms with Crippen molar-refractivity contribution in [2.45, 2.75) is 32.7 Å². The van der Waals surface area contributed by atoms with Gasteiger partial charge < -0.3 is 21.3 Å². The first-order valence-electron chi connectivity index (χ1n) is 11.8. The summed E-state index contributed by atoms with van der Waals surface area (Å²) in [7, 11) is 1.82. The molecule has 10 heteroatoms. The van der Waals surface area contributed by atoms with Crippen molar-refractivity contribution in [1.29, 1.82) is 0 Å². The average Bonchev–Trinajstić information content (AvgIpc) is 3.17. The van der Waals surface area contributed by atoms with Gasteiger partial charge in [0, 0.05) is 61.7 Å². The number of anilines is 4. The van der Waals surface area contributed by atoms with E-state index in [1.165, 1.54) is 0 Å². The van der Waals surface area contributed by atoms with Crippen molar-refractivity contribution in [1.82, 2.24) is 29.6 Å². The number of likely N-dealkylation sites (N-methyl/N-ethyl adjacent to an activating group) is 1. The Morgan fingerprint density at radius 3 is 2.89 bits per heavy atom. The van der Waals surface area contributed by atoms with Crippen LogP contribution >= 0.6 is 0 Å². The SMILES string of the molecule is Cc1c(-c2cc3cc(Nc4cc5n(n4)CC(=O)N(C)CC5)ncc3c(N)n2)cnc2c1NCCC2. The lowest BCUT2D eigenvalue weighted by molar-refractivity contribution is -0.130. The zero-order chi connectivity index (χ0) is 24.1. The third kappa shape index (κ3) is 3.80. The van der Waals surface area contributed by atoms with E-state index in [0.29, 0.717) is 24.0 Å². The molecule has 0 radical (unpaired) electrons.